The smallest absolute Gasteiger partial charge is 0.238 e. The van der Waals surface area contributed by atoms with Crippen LogP contribution in [0.25, 0.3) is 0 Å². The fraction of sp³-hybridized carbons (Fsp3) is 0.538. The Hall–Kier alpha value is -0.720. The minimum absolute atomic E-state index is 0.182. The van der Waals surface area contributed by atoms with Crippen LogP contribution in [0.2, 0.25) is 0 Å². The van der Waals surface area contributed by atoms with Gasteiger partial charge < -0.3 is 5.32 Å². The summed E-state index contributed by atoms with van der Waals surface area (Å²) in [5, 5.41) is 8.68. The molecule has 0 radical (unpaired) electrons. The number of aryl methyl sites for hydroxylation is 1. The highest BCUT2D eigenvalue weighted by Crippen LogP contribution is 2.27. The van der Waals surface area contributed by atoms with Crippen molar-refractivity contribution in [3.05, 3.63) is 23.3 Å². The monoisotopic (exact) mass is 300 g/mol. The van der Waals surface area contributed by atoms with Crippen molar-refractivity contribution >= 4 is 27.5 Å². The normalized spacial score (nSPS) is 20.3. The zero-order valence-electron chi connectivity index (χ0n) is 11.3. The van der Waals surface area contributed by atoms with E-state index in [0.717, 1.165) is 29.0 Å². The molecule has 1 unspecified atom stereocenters. The molecule has 0 amide bonds. The lowest BCUT2D eigenvalue weighted by Crippen LogP contribution is -2.26. The van der Waals surface area contributed by atoms with Gasteiger partial charge >= 0.3 is 0 Å². The maximum atomic E-state index is 11.5. The van der Waals surface area contributed by atoms with E-state index in [-0.39, 0.29) is 4.90 Å². The molecule has 0 saturated carbocycles. The van der Waals surface area contributed by atoms with Crippen molar-refractivity contribution in [1.29, 1.82) is 0 Å². The Morgan fingerprint density at radius 3 is 2.68 bits per heavy atom. The molecule has 3 N–H and O–H groups in total. The molecule has 1 fully saturated rings. The van der Waals surface area contributed by atoms with Crippen LogP contribution in [-0.4, -0.2) is 26.0 Å². The highest BCUT2D eigenvalue weighted by molar-refractivity contribution is 7.99. The molecule has 1 aliphatic heterocycles. The van der Waals surface area contributed by atoms with Gasteiger partial charge in [-0.3, -0.25) is 0 Å². The number of hydrogen-bond donors (Lipinski definition) is 2. The van der Waals surface area contributed by atoms with Gasteiger partial charge in [0, 0.05) is 17.5 Å². The van der Waals surface area contributed by atoms with E-state index < -0.39 is 10.0 Å². The molecule has 6 heteroatoms. The lowest BCUT2D eigenvalue weighted by atomic mass is 10.1. The number of sulfonamides is 1. The summed E-state index contributed by atoms with van der Waals surface area (Å²) in [6.45, 7) is 3.91. The summed E-state index contributed by atoms with van der Waals surface area (Å²) in [6, 6.07) is 3.69. The maximum absolute atomic E-state index is 11.5. The first kappa shape index (κ1) is 14.7. The second kappa shape index (κ2) is 5.73. The highest BCUT2D eigenvalue weighted by atomic mass is 32.2. The van der Waals surface area contributed by atoms with E-state index in [1.807, 2.05) is 25.6 Å². The fourth-order valence-corrected chi connectivity index (χ4v) is 3.91. The van der Waals surface area contributed by atoms with E-state index in [0.29, 0.717) is 6.04 Å². The van der Waals surface area contributed by atoms with Crippen LogP contribution in [-0.2, 0) is 10.0 Å². The number of primary sulfonamides is 1. The molecule has 1 atom stereocenters. The van der Waals surface area contributed by atoms with Crippen molar-refractivity contribution in [3.63, 3.8) is 0 Å². The quantitative estimate of drug-likeness (QED) is 0.898. The molecule has 1 aromatic carbocycles. The van der Waals surface area contributed by atoms with Crippen LogP contribution in [0.4, 0.5) is 5.69 Å². The topological polar surface area (TPSA) is 72.2 Å². The van der Waals surface area contributed by atoms with Gasteiger partial charge in [0.2, 0.25) is 10.0 Å². The van der Waals surface area contributed by atoms with Crippen molar-refractivity contribution in [2.24, 2.45) is 5.14 Å². The molecule has 4 nitrogen and oxygen atoms in total. The van der Waals surface area contributed by atoms with E-state index in [4.69, 9.17) is 5.14 Å². The third-order valence-electron chi connectivity index (χ3n) is 3.49. The molecular weight excluding hydrogens is 280 g/mol. The van der Waals surface area contributed by atoms with E-state index >= 15 is 0 Å². The first-order valence-corrected chi connectivity index (χ1v) is 9.06. The van der Waals surface area contributed by atoms with Crippen LogP contribution in [0.1, 0.15) is 24.0 Å². The van der Waals surface area contributed by atoms with E-state index in [1.165, 1.54) is 12.2 Å². The standard InChI is InChI=1S/C13H20N2O2S2/c1-9-6-12(19(14,16)17)7-13(10(9)2)15-11-4-3-5-18-8-11/h6-7,11,15H,3-5,8H2,1-2H3,(H2,14,16,17). The molecule has 1 aliphatic rings. The Bertz CT molecular complexity index is 564. The predicted molar refractivity (Wildman–Crippen MR) is 81.3 cm³/mol. The average Bonchev–Trinajstić information content (AvgIpc) is 2.34. The fourth-order valence-electron chi connectivity index (χ4n) is 2.21. The summed E-state index contributed by atoms with van der Waals surface area (Å²) < 4.78 is 23.0. The largest absolute Gasteiger partial charge is 0.381 e. The first-order chi connectivity index (χ1) is 8.88. The molecule has 1 heterocycles. The molecule has 2 rings (SSSR count). The Balaban J connectivity index is 2.30. The molecule has 19 heavy (non-hydrogen) atoms. The molecule has 106 valence electrons. The van der Waals surface area contributed by atoms with Gasteiger partial charge in [-0.05, 0) is 55.7 Å². The third-order valence-corrected chi connectivity index (χ3v) is 5.60. The van der Waals surface area contributed by atoms with E-state index in [2.05, 4.69) is 5.32 Å². The second-order valence-electron chi connectivity index (χ2n) is 5.02. The van der Waals surface area contributed by atoms with Crippen LogP contribution in [0.15, 0.2) is 17.0 Å². The lowest BCUT2D eigenvalue weighted by Gasteiger charge is -2.25. The van der Waals surface area contributed by atoms with Crippen molar-refractivity contribution in [2.45, 2.75) is 37.6 Å². The van der Waals surface area contributed by atoms with Gasteiger partial charge in [0.15, 0.2) is 0 Å². The molecule has 0 bridgehead atoms. The zero-order chi connectivity index (χ0) is 14.0. The predicted octanol–water partition coefficient (Wildman–Crippen LogP) is 2.26. The van der Waals surface area contributed by atoms with Crippen LogP contribution in [0, 0.1) is 13.8 Å². The minimum atomic E-state index is -3.65. The summed E-state index contributed by atoms with van der Waals surface area (Å²) in [7, 11) is -3.65. The van der Waals surface area contributed by atoms with Crippen molar-refractivity contribution in [1.82, 2.24) is 0 Å². The molecule has 1 saturated heterocycles. The van der Waals surface area contributed by atoms with Crippen LogP contribution < -0.4 is 10.5 Å². The van der Waals surface area contributed by atoms with Crippen LogP contribution in [0.5, 0.6) is 0 Å². The Labute approximate surface area is 119 Å². The van der Waals surface area contributed by atoms with Crippen molar-refractivity contribution in [3.8, 4) is 0 Å². The first-order valence-electron chi connectivity index (χ1n) is 6.36. The number of rotatable bonds is 3. The second-order valence-corrected chi connectivity index (χ2v) is 7.73. The molecule has 0 spiro atoms. The molecule has 1 aromatic rings. The Kier molecular flexibility index (Phi) is 4.43. The maximum Gasteiger partial charge on any atom is 0.238 e. The molecule has 0 aromatic heterocycles. The van der Waals surface area contributed by atoms with Crippen molar-refractivity contribution < 1.29 is 8.42 Å². The average molecular weight is 300 g/mol. The van der Waals surface area contributed by atoms with Gasteiger partial charge in [0.05, 0.1) is 4.90 Å². The Morgan fingerprint density at radius 1 is 1.37 bits per heavy atom. The summed E-state index contributed by atoms with van der Waals surface area (Å²) >= 11 is 1.94. The van der Waals surface area contributed by atoms with Crippen molar-refractivity contribution in [2.75, 3.05) is 16.8 Å². The number of benzene rings is 1. The molecule has 0 aliphatic carbocycles. The third kappa shape index (κ3) is 3.64. The molecular formula is C13H20N2O2S2. The SMILES string of the molecule is Cc1cc(S(N)(=O)=O)cc(NC2CCCSC2)c1C. The minimum Gasteiger partial charge on any atom is -0.381 e. The van der Waals surface area contributed by atoms with Gasteiger partial charge in [0.1, 0.15) is 0 Å². The number of nitrogens with one attached hydrogen (secondary N) is 1. The Morgan fingerprint density at radius 2 is 2.11 bits per heavy atom. The van der Waals surface area contributed by atoms with Crippen LogP contribution in [0.3, 0.4) is 0 Å². The van der Waals surface area contributed by atoms with Gasteiger partial charge in [-0.25, -0.2) is 13.6 Å². The van der Waals surface area contributed by atoms with Gasteiger partial charge in [-0.15, -0.1) is 0 Å². The van der Waals surface area contributed by atoms with Gasteiger partial charge in [-0.2, -0.15) is 11.8 Å². The van der Waals surface area contributed by atoms with Gasteiger partial charge in [-0.1, -0.05) is 0 Å². The number of hydrogen-bond acceptors (Lipinski definition) is 4. The summed E-state index contributed by atoms with van der Waals surface area (Å²) in [5.41, 5.74) is 2.91. The number of thioether (sulfide) groups is 1. The van der Waals surface area contributed by atoms with E-state index in [9.17, 15) is 8.42 Å². The summed E-state index contributed by atoms with van der Waals surface area (Å²) in [6.07, 6.45) is 2.33. The lowest BCUT2D eigenvalue weighted by molar-refractivity contribution is 0.597. The number of anilines is 1. The summed E-state index contributed by atoms with van der Waals surface area (Å²) in [4.78, 5) is 0.182. The zero-order valence-corrected chi connectivity index (χ0v) is 12.9. The van der Waals surface area contributed by atoms with Gasteiger partial charge in [0.25, 0.3) is 0 Å². The highest BCUT2D eigenvalue weighted by Gasteiger charge is 2.17. The summed E-state index contributed by atoms with van der Waals surface area (Å²) in [5.74, 6) is 2.28. The van der Waals surface area contributed by atoms with E-state index in [1.54, 1.807) is 12.1 Å². The number of nitrogens with two attached hydrogens (primary N) is 1. The van der Waals surface area contributed by atoms with Crippen LogP contribution >= 0.6 is 11.8 Å².